The van der Waals surface area contributed by atoms with E-state index in [0.717, 1.165) is 50.1 Å². The molecule has 0 fully saturated rings. The molecule has 31 heavy (non-hydrogen) atoms. The van der Waals surface area contributed by atoms with Crippen molar-refractivity contribution in [1.82, 2.24) is 10.2 Å². The van der Waals surface area contributed by atoms with Crippen LogP contribution in [0.5, 0.6) is 11.5 Å². The Balaban J connectivity index is 1.59. The molecule has 0 spiro atoms. The van der Waals surface area contributed by atoms with E-state index in [1.807, 2.05) is 12.1 Å². The van der Waals surface area contributed by atoms with Crippen molar-refractivity contribution in [2.75, 3.05) is 52.3 Å². The summed E-state index contributed by atoms with van der Waals surface area (Å²) >= 11 is 0. The first kappa shape index (κ1) is 22.5. The fourth-order valence-corrected chi connectivity index (χ4v) is 3.58. The minimum Gasteiger partial charge on any atom is -0.493 e. The third-order valence-electron chi connectivity index (χ3n) is 5.41. The summed E-state index contributed by atoms with van der Waals surface area (Å²) in [6.45, 7) is 6.42. The second-order valence-electron chi connectivity index (χ2n) is 7.57. The highest BCUT2D eigenvalue weighted by molar-refractivity contribution is 5.79. The molecule has 0 saturated carbocycles. The van der Waals surface area contributed by atoms with Crippen molar-refractivity contribution in [2.45, 2.75) is 19.9 Å². The molecule has 0 unspecified atom stereocenters. The number of hydrogen-bond donors (Lipinski definition) is 1. The quantitative estimate of drug-likeness (QED) is 0.379. The number of nitrogens with zero attached hydrogens (tertiary/aromatic N) is 3. The summed E-state index contributed by atoms with van der Waals surface area (Å²) in [4.78, 5) is 9.36. The molecule has 0 aliphatic carbocycles. The lowest BCUT2D eigenvalue weighted by atomic mass is 10.1. The van der Waals surface area contributed by atoms with Gasteiger partial charge in [0, 0.05) is 38.9 Å². The van der Waals surface area contributed by atoms with Crippen LogP contribution in [0.4, 0.5) is 5.69 Å². The maximum absolute atomic E-state index is 5.42. The highest BCUT2D eigenvalue weighted by Gasteiger charge is 2.10. The first-order valence-electron chi connectivity index (χ1n) is 10.8. The highest BCUT2D eigenvalue weighted by atomic mass is 16.5. The summed E-state index contributed by atoms with van der Waals surface area (Å²) < 4.78 is 10.7. The molecule has 0 atom stereocenters. The number of hydrogen-bond acceptors (Lipinski definition) is 4. The van der Waals surface area contributed by atoms with Crippen LogP contribution in [0.15, 0.2) is 59.6 Å². The van der Waals surface area contributed by atoms with Gasteiger partial charge in [0.15, 0.2) is 17.5 Å². The average Bonchev–Trinajstić information content (AvgIpc) is 3.35. The maximum atomic E-state index is 5.42. The Morgan fingerprint density at radius 1 is 1.00 bits per heavy atom. The maximum Gasteiger partial charge on any atom is 0.193 e. The lowest BCUT2D eigenvalue weighted by molar-refractivity contribution is 0.354. The lowest BCUT2D eigenvalue weighted by Crippen LogP contribution is -2.39. The molecule has 0 radical (unpaired) electrons. The van der Waals surface area contributed by atoms with Gasteiger partial charge in [-0.15, -0.1) is 0 Å². The van der Waals surface area contributed by atoms with Gasteiger partial charge in [0.1, 0.15) is 0 Å². The molecule has 1 aliphatic rings. The van der Waals surface area contributed by atoms with Crippen LogP contribution in [0.3, 0.4) is 0 Å². The molecule has 0 bridgehead atoms. The second-order valence-corrected chi connectivity index (χ2v) is 7.57. The van der Waals surface area contributed by atoms with Gasteiger partial charge >= 0.3 is 0 Å². The van der Waals surface area contributed by atoms with Gasteiger partial charge in [-0.3, -0.25) is 0 Å². The van der Waals surface area contributed by atoms with E-state index >= 15 is 0 Å². The van der Waals surface area contributed by atoms with Gasteiger partial charge < -0.3 is 24.6 Å². The van der Waals surface area contributed by atoms with E-state index in [0.29, 0.717) is 6.54 Å². The van der Waals surface area contributed by atoms with Crippen molar-refractivity contribution in [1.29, 1.82) is 0 Å². The average molecular weight is 423 g/mol. The summed E-state index contributed by atoms with van der Waals surface area (Å²) in [5.74, 6) is 2.42. The predicted molar refractivity (Wildman–Crippen MR) is 128 cm³/mol. The summed E-state index contributed by atoms with van der Waals surface area (Å²) in [6, 6.07) is 14.8. The normalized spacial score (nSPS) is 13.4. The molecule has 1 N–H and O–H groups in total. The van der Waals surface area contributed by atoms with Crippen LogP contribution in [0.2, 0.25) is 0 Å². The number of aliphatic imine (C=N–C) groups is 1. The SMILES string of the molecule is CCNC(=NCc1ccc(N2CC=CC2)cc1)N(C)CCc1ccc(OC)c(OC)c1. The number of methoxy groups -OCH3 is 2. The molecule has 3 rings (SSSR count). The zero-order valence-electron chi connectivity index (χ0n) is 19.1. The largest absolute Gasteiger partial charge is 0.493 e. The Kier molecular flexibility index (Phi) is 8.21. The molecule has 1 heterocycles. The first-order chi connectivity index (χ1) is 15.1. The van der Waals surface area contributed by atoms with Crippen molar-refractivity contribution < 1.29 is 9.47 Å². The van der Waals surface area contributed by atoms with E-state index in [9.17, 15) is 0 Å². The minimum absolute atomic E-state index is 0.654. The number of guanidine groups is 1. The topological polar surface area (TPSA) is 49.3 Å². The first-order valence-corrected chi connectivity index (χ1v) is 10.8. The number of benzene rings is 2. The molecule has 1 aliphatic heterocycles. The molecule has 2 aromatic carbocycles. The van der Waals surface area contributed by atoms with Crippen LogP contribution in [-0.2, 0) is 13.0 Å². The monoisotopic (exact) mass is 422 g/mol. The molecule has 6 heteroatoms. The number of rotatable bonds is 9. The summed E-state index contributed by atoms with van der Waals surface area (Å²) in [5.41, 5.74) is 3.67. The van der Waals surface area contributed by atoms with Crippen LogP contribution < -0.4 is 19.7 Å². The van der Waals surface area contributed by atoms with E-state index in [4.69, 9.17) is 14.5 Å². The van der Waals surface area contributed by atoms with Crippen molar-refractivity contribution >= 4 is 11.6 Å². The fraction of sp³-hybridized carbons (Fsp3) is 0.400. The fourth-order valence-electron chi connectivity index (χ4n) is 3.58. The van der Waals surface area contributed by atoms with E-state index in [1.54, 1.807) is 14.2 Å². The van der Waals surface area contributed by atoms with Gasteiger partial charge in [0.05, 0.1) is 20.8 Å². The molecular weight excluding hydrogens is 388 g/mol. The molecule has 2 aromatic rings. The van der Waals surface area contributed by atoms with Gasteiger partial charge in [-0.05, 0) is 48.7 Å². The Morgan fingerprint density at radius 2 is 1.68 bits per heavy atom. The van der Waals surface area contributed by atoms with E-state index in [-0.39, 0.29) is 0 Å². The van der Waals surface area contributed by atoms with Gasteiger partial charge in [0.2, 0.25) is 0 Å². The van der Waals surface area contributed by atoms with E-state index in [2.05, 4.69) is 71.6 Å². The molecule has 0 amide bonds. The predicted octanol–water partition coefficient (Wildman–Crippen LogP) is 3.72. The van der Waals surface area contributed by atoms with Crippen LogP contribution in [-0.4, -0.2) is 58.3 Å². The molecule has 6 nitrogen and oxygen atoms in total. The number of likely N-dealkylation sites (N-methyl/N-ethyl adjacent to an activating group) is 1. The number of nitrogens with one attached hydrogen (secondary N) is 1. The summed E-state index contributed by atoms with van der Waals surface area (Å²) in [7, 11) is 5.39. The zero-order valence-corrected chi connectivity index (χ0v) is 19.1. The lowest BCUT2D eigenvalue weighted by Gasteiger charge is -2.22. The van der Waals surface area contributed by atoms with Crippen LogP contribution in [0.1, 0.15) is 18.1 Å². The van der Waals surface area contributed by atoms with Crippen molar-refractivity contribution in [3.63, 3.8) is 0 Å². The number of ether oxygens (including phenoxy) is 2. The smallest absolute Gasteiger partial charge is 0.193 e. The minimum atomic E-state index is 0.654. The second kappa shape index (κ2) is 11.3. The van der Waals surface area contributed by atoms with Crippen molar-refractivity contribution in [2.24, 2.45) is 4.99 Å². The Hall–Kier alpha value is -3.15. The Labute approximate surface area is 186 Å². The molecule has 0 saturated heterocycles. The Morgan fingerprint density at radius 3 is 2.32 bits per heavy atom. The van der Waals surface area contributed by atoms with Crippen LogP contribution in [0, 0.1) is 0 Å². The van der Waals surface area contributed by atoms with Crippen molar-refractivity contribution in [3.05, 3.63) is 65.7 Å². The van der Waals surface area contributed by atoms with Gasteiger partial charge in [-0.25, -0.2) is 4.99 Å². The van der Waals surface area contributed by atoms with E-state index < -0.39 is 0 Å². The number of anilines is 1. The third kappa shape index (κ3) is 6.17. The zero-order chi connectivity index (χ0) is 22.1. The highest BCUT2D eigenvalue weighted by Crippen LogP contribution is 2.27. The standard InChI is InChI=1S/C25H34N4O2/c1-5-26-25(27-19-21-8-11-22(12-9-21)29-15-6-7-16-29)28(2)17-14-20-10-13-23(30-3)24(18-20)31-4/h6-13,18H,5,14-17,19H2,1-4H3,(H,26,27). The van der Waals surface area contributed by atoms with Crippen LogP contribution >= 0.6 is 0 Å². The van der Waals surface area contributed by atoms with Gasteiger partial charge in [0.25, 0.3) is 0 Å². The molecular formula is C25H34N4O2. The Bertz CT molecular complexity index is 885. The summed E-state index contributed by atoms with van der Waals surface area (Å²) in [5, 5.41) is 3.40. The molecule has 166 valence electrons. The van der Waals surface area contributed by atoms with Crippen LogP contribution in [0.25, 0.3) is 0 Å². The summed E-state index contributed by atoms with van der Waals surface area (Å²) in [6.07, 6.45) is 5.30. The van der Waals surface area contributed by atoms with Crippen molar-refractivity contribution in [3.8, 4) is 11.5 Å². The molecule has 0 aromatic heterocycles. The van der Waals surface area contributed by atoms with E-state index in [1.165, 1.54) is 16.8 Å². The van der Waals surface area contributed by atoms with Gasteiger partial charge in [-0.2, -0.15) is 0 Å². The van der Waals surface area contributed by atoms with Gasteiger partial charge in [-0.1, -0.05) is 30.4 Å². The third-order valence-corrected chi connectivity index (χ3v) is 5.41.